The Morgan fingerprint density at radius 2 is 1.49 bits per heavy atom. The molecule has 18 heteroatoms. The lowest BCUT2D eigenvalue weighted by molar-refractivity contribution is -0.279. The van der Waals surface area contributed by atoms with Crippen LogP contribution in [-0.2, 0) is 19.0 Å². The number of benzene rings is 3. The zero-order valence-corrected chi connectivity index (χ0v) is 28.8. The topological polar surface area (TPSA) is 296 Å². The molecule has 18 nitrogen and oxygen atoms in total. The van der Waals surface area contributed by atoms with Crippen LogP contribution in [0.15, 0.2) is 69.9 Å². The molecular formula is C37H38O18. The summed E-state index contributed by atoms with van der Waals surface area (Å²) in [5.74, 6) is -2.37. The quantitative estimate of drug-likeness (QED) is 0.0721. The molecule has 1 unspecified atom stereocenters. The van der Waals surface area contributed by atoms with Crippen LogP contribution in [0.1, 0.15) is 17.2 Å². The summed E-state index contributed by atoms with van der Waals surface area (Å²) in [6.07, 6.45) is -15.9. The van der Waals surface area contributed by atoms with Gasteiger partial charge in [0.25, 0.3) is 0 Å². The van der Waals surface area contributed by atoms with Gasteiger partial charge in [0.15, 0.2) is 16.9 Å². The smallest absolute Gasteiger partial charge is 0.330 e. The van der Waals surface area contributed by atoms with E-state index in [1.807, 2.05) is 0 Å². The van der Waals surface area contributed by atoms with Gasteiger partial charge in [-0.2, -0.15) is 0 Å². The number of aromatic hydroxyl groups is 3. The highest BCUT2D eigenvalue weighted by Crippen LogP contribution is 2.46. The van der Waals surface area contributed by atoms with E-state index in [0.29, 0.717) is 11.1 Å². The van der Waals surface area contributed by atoms with Crippen LogP contribution < -0.4 is 14.9 Å². The Morgan fingerprint density at radius 3 is 2.18 bits per heavy atom. The lowest BCUT2D eigenvalue weighted by atomic mass is 9.89. The Hall–Kier alpha value is -5.28. The Bertz CT molecular complexity index is 2090. The van der Waals surface area contributed by atoms with Gasteiger partial charge >= 0.3 is 5.97 Å². The number of aliphatic hydroxyl groups excluding tert-OH is 7. The highest BCUT2D eigenvalue weighted by molar-refractivity contribution is 5.88. The van der Waals surface area contributed by atoms with Crippen LogP contribution >= 0.6 is 0 Å². The van der Waals surface area contributed by atoms with Crippen LogP contribution in [0.2, 0.25) is 0 Å². The molecule has 0 amide bonds. The third kappa shape index (κ3) is 7.94. The molecule has 6 rings (SSSR count). The predicted octanol–water partition coefficient (Wildman–Crippen LogP) is -0.457. The van der Waals surface area contributed by atoms with E-state index in [4.69, 9.17) is 28.1 Å². The molecule has 10 atom stereocenters. The summed E-state index contributed by atoms with van der Waals surface area (Å²) < 4.78 is 33.5. The van der Waals surface area contributed by atoms with Gasteiger partial charge in [0, 0.05) is 23.8 Å². The summed E-state index contributed by atoms with van der Waals surface area (Å²) in [5, 5.41) is 105. The van der Waals surface area contributed by atoms with E-state index in [1.165, 1.54) is 55.7 Å². The molecule has 2 fully saturated rings. The van der Waals surface area contributed by atoms with Crippen LogP contribution in [0.5, 0.6) is 28.7 Å². The molecule has 0 aliphatic carbocycles. The van der Waals surface area contributed by atoms with Gasteiger partial charge in [-0.05, 0) is 48.0 Å². The molecule has 2 saturated heterocycles. The van der Waals surface area contributed by atoms with Crippen LogP contribution in [0.3, 0.4) is 0 Å². The first kappa shape index (κ1) is 39.4. The lowest BCUT2D eigenvalue weighted by Crippen LogP contribution is -2.60. The van der Waals surface area contributed by atoms with Gasteiger partial charge in [-0.3, -0.25) is 4.79 Å². The van der Waals surface area contributed by atoms with Crippen molar-refractivity contribution in [2.24, 2.45) is 0 Å². The minimum atomic E-state index is -2.01. The number of aliphatic hydroxyl groups is 7. The molecular weight excluding hydrogens is 732 g/mol. The minimum absolute atomic E-state index is 0.0172. The van der Waals surface area contributed by atoms with E-state index in [2.05, 4.69) is 0 Å². The van der Waals surface area contributed by atoms with Crippen molar-refractivity contribution >= 4 is 23.0 Å². The van der Waals surface area contributed by atoms with Crippen molar-refractivity contribution in [3.63, 3.8) is 0 Å². The zero-order chi connectivity index (χ0) is 39.7. The number of phenols is 3. The predicted molar refractivity (Wildman–Crippen MR) is 186 cm³/mol. The van der Waals surface area contributed by atoms with Crippen molar-refractivity contribution in [1.29, 1.82) is 0 Å². The number of hydrogen-bond acceptors (Lipinski definition) is 18. The van der Waals surface area contributed by atoms with Crippen LogP contribution in [0.4, 0.5) is 0 Å². The number of phenolic OH excluding ortho intramolecular Hbond substituents is 3. The maximum atomic E-state index is 13.5. The maximum Gasteiger partial charge on any atom is 0.330 e. The first-order valence-electron chi connectivity index (χ1n) is 16.7. The number of fused-ring (bicyclic) bond motifs is 1. The standard InChI is InChI=1S/C37H38O18/c1-50-21-10-15(2-8-18(21)40)3-9-26(42)51-14-25-30(44)33(47)35(49)37(55-25)54-23-12-22-27(19(41)11-20(52-22)16-4-6-17(39)7-5-16)31(45)28(23)36-34(48)32(46)29(43)24(13-38)53-36/h2-12,24-25,29-30,32-40,43-49H,13-14H2,1H3/b9-3+/t24-,25-,29-,30-,32+,33+,34-,35-,36+,37?/m1/s1. The fourth-order valence-corrected chi connectivity index (χ4v) is 6.23. The largest absolute Gasteiger partial charge is 0.508 e. The average molecular weight is 771 g/mol. The van der Waals surface area contributed by atoms with Crippen molar-refractivity contribution in [1.82, 2.24) is 0 Å². The molecule has 0 bridgehead atoms. The van der Waals surface area contributed by atoms with Crippen molar-refractivity contribution in [3.05, 3.63) is 82.0 Å². The molecule has 0 spiro atoms. The molecule has 1 aromatic heterocycles. The highest BCUT2D eigenvalue weighted by Gasteiger charge is 2.49. The number of esters is 1. The number of rotatable bonds is 10. The van der Waals surface area contributed by atoms with Crippen molar-refractivity contribution in [3.8, 4) is 40.1 Å². The third-order valence-electron chi connectivity index (χ3n) is 9.24. The van der Waals surface area contributed by atoms with E-state index in [-0.39, 0.29) is 28.6 Å². The first-order chi connectivity index (χ1) is 26.2. The zero-order valence-electron chi connectivity index (χ0n) is 28.8. The molecule has 2 aliphatic rings. The molecule has 0 radical (unpaired) electrons. The van der Waals surface area contributed by atoms with E-state index in [9.17, 15) is 60.7 Å². The maximum absolute atomic E-state index is 13.5. The second kappa shape index (κ2) is 16.2. The molecule has 3 aromatic carbocycles. The Morgan fingerprint density at radius 1 is 0.800 bits per heavy atom. The normalized spacial score (nSPS) is 28.3. The molecule has 294 valence electrons. The van der Waals surface area contributed by atoms with Gasteiger partial charge in [0.2, 0.25) is 6.29 Å². The van der Waals surface area contributed by atoms with Gasteiger partial charge in [-0.15, -0.1) is 0 Å². The number of methoxy groups -OCH3 is 1. The van der Waals surface area contributed by atoms with E-state index >= 15 is 0 Å². The van der Waals surface area contributed by atoms with E-state index < -0.39 is 108 Å². The summed E-state index contributed by atoms with van der Waals surface area (Å²) in [6, 6.07) is 12.0. The summed E-state index contributed by atoms with van der Waals surface area (Å²) in [5.41, 5.74) is -0.829. The van der Waals surface area contributed by atoms with Gasteiger partial charge < -0.3 is 79.2 Å². The number of carbonyl (C=O) groups is 1. The number of ether oxygens (including phenoxy) is 5. The molecule has 3 heterocycles. The summed E-state index contributed by atoms with van der Waals surface area (Å²) in [6.45, 7) is -1.53. The second-order valence-electron chi connectivity index (χ2n) is 12.8. The molecule has 10 N–H and O–H groups in total. The first-order valence-corrected chi connectivity index (χ1v) is 16.7. The summed E-state index contributed by atoms with van der Waals surface area (Å²) >= 11 is 0. The highest BCUT2D eigenvalue weighted by atomic mass is 16.7. The van der Waals surface area contributed by atoms with Crippen molar-refractivity contribution in [2.75, 3.05) is 20.3 Å². The second-order valence-corrected chi connectivity index (χ2v) is 12.8. The van der Waals surface area contributed by atoms with E-state index in [1.54, 1.807) is 0 Å². The van der Waals surface area contributed by atoms with Crippen molar-refractivity contribution in [2.45, 2.75) is 61.2 Å². The van der Waals surface area contributed by atoms with Gasteiger partial charge in [0.1, 0.15) is 95.5 Å². The minimum Gasteiger partial charge on any atom is -0.508 e. The Balaban J connectivity index is 1.33. The average Bonchev–Trinajstić information content (AvgIpc) is 3.17. The van der Waals surface area contributed by atoms with Crippen molar-refractivity contribution < 1.29 is 84.0 Å². The van der Waals surface area contributed by atoms with Gasteiger partial charge in [0.05, 0.1) is 19.3 Å². The molecule has 55 heavy (non-hydrogen) atoms. The SMILES string of the molecule is COc1cc(/C=C/C(=O)OC[C@H]2OC(Oc3cc4oc(-c5ccc(O)cc5)cc(=O)c4c(O)c3[C@@H]3O[C@H](CO)[C@@H](O)[C@H](O)[C@H]3O)[C@H](O)[C@@H](O)[C@@H]2O)ccc1O. The Kier molecular flexibility index (Phi) is 11.6. The van der Waals surface area contributed by atoms with Gasteiger partial charge in [-0.1, -0.05) is 6.07 Å². The fraction of sp³-hybridized carbons (Fsp3) is 0.351. The van der Waals surface area contributed by atoms with Crippen LogP contribution in [0, 0.1) is 0 Å². The van der Waals surface area contributed by atoms with E-state index in [0.717, 1.165) is 18.2 Å². The molecule has 2 aliphatic heterocycles. The lowest BCUT2D eigenvalue weighted by Gasteiger charge is -2.42. The fourth-order valence-electron chi connectivity index (χ4n) is 6.23. The van der Waals surface area contributed by atoms with Crippen LogP contribution in [0.25, 0.3) is 28.4 Å². The number of hydrogen-bond donors (Lipinski definition) is 10. The Labute approximate surface area is 310 Å². The molecule has 0 saturated carbocycles. The van der Waals surface area contributed by atoms with Crippen LogP contribution in [-0.4, -0.2) is 132 Å². The van der Waals surface area contributed by atoms with Gasteiger partial charge in [-0.25, -0.2) is 4.79 Å². The summed E-state index contributed by atoms with van der Waals surface area (Å²) in [4.78, 5) is 26.0. The third-order valence-corrected chi connectivity index (χ3v) is 9.24. The monoisotopic (exact) mass is 770 g/mol. The summed E-state index contributed by atoms with van der Waals surface area (Å²) in [7, 11) is 1.35. The number of carbonyl (C=O) groups excluding carboxylic acids is 1. The molecule has 4 aromatic rings.